The molecule has 6 nitrogen and oxygen atoms in total. The van der Waals surface area contributed by atoms with E-state index in [2.05, 4.69) is 17.5 Å². The average molecular weight is 605 g/mol. The van der Waals surface area contributed by atoms with Gasteiger partial charge in [-0.25, -0.2) is 9.37 Å². The van der Waals surface area contributed by atoms with Crippen LogP contribution in [0.3, 0.4) is 0 Å². The Bertz CT molecular complexity index is 1720. The number of thiophene rings is 1. The monoisotopic (exact) mass is 604 g/mol. The fraction of sp³-hybridized carbons (Fsp3) is 0.394. The second-order valence-corrected chi connectivity index (χ2v) is 13.3. The van der Waals surface area contributed by atoms with Gasteiger partial charge in [-0.05, 0) is 85.6 Å². The van der Waals surface area contributed by atoms with E-state index in [1.54, 1.807) is 12.1 Å². The molecule has 9 heteroatoms. The largest absolute Gasteiger partial charge is 0.388 e. The average Bonchev–Trinajstić information content (AvgIpc) is 3.54. The molecule has 2 fully saturated rings. The van der Waals surface area contributed by atoms with Crippen molar-refractivity contribution >= 4 is 39.7 Å². The molecule has 2 aromatic heterocycles. The van der Waals surface area contributed by atoms with Crippen LogP contribution in [0.4, 0.5) is 4.39 Å². The highest BCUT2D eigenvalue weighted by Crippen LogP contribution is 2.45. The smallest absolute Gasteiger partial charge is 0.262 e. The maximum absolute atomic E-state index is 13.5. The van der Waals surface area contributed by atoms with E-state index in [0.29, 0.717) is 49.2 Å². The molecule has 0 spiro atoms. The number of halogens is 2. The molecule has 3 heterocycles. The van der Waals surface area contributed by atoms with Crippen molar-refractivity contribution in [1.82, 2.24) is 14.5 Å². The lowest BCUT2D eigenvalue weighted by atomic mass is 9.88. The van der Waals surface area contributed by atoms with Gasteiger partial charge < -0.3 is 10.0 Å². The first-order chi connectivity index (χ1) is 20.3. The first-order valence-corrected chi connectivity index (χ1v) is 15.9. The summed E-state index contributed by atoms with van der Waals surface area (Å²) >= 11 is 8.24. The predicted molar refractivity (Wildman–Crippen MR) is 163 cm³/mol. The lowest BCUT2D eigenvalue weighted by molar-refractivity contribution is -0.136. The van der Waals surface area contributed by atoms with Gasteiger partial charge >= 0.3 is 0 Å². The zero-order valence-electron chi connectivity index (χ0n) is 23.2. The van der Waals surface area contributed by atoms with Crippen LogP contribution in [0.5, 0.6) is 0 Å². The molecule has 2 aliphatic carbocycles. The van der Waals surface area contributed by atoms with Gasteiger partial charge in [0.15, 0.2) is 0 Å². The Balaban J connectivity index is 1.04. The lowest BCUT2D eigenvalue weighted by Gasteiger charge is -2.39. The maximum atomic E-state index is 13.5. The van der Waals surface area contributed by atoms with Crippen LogP contribution in [-0.4, -0.2) is 44.2 Å². The van der Waals surface area contributed by atoms with Gasteiger partial charge in [0.05, 0.1) is 39.3 Å². The minimum absolute atomic E-state index is 0.0624. The van der Waals surface area contributed by atoms with E-state index in [9.17, 15) is 19.1 Å². The van der Waals surface area contributed by atoms with Crippen LogP contribution in [0.15, 0.2) is 52.9 Å². The van der Waals surface area contributed by atoms with Crippen molar-refractivity contribution in [1.29, 1.82) is 0 Å². The summed E-state index contributed by atoms with van der Waals surface area (Å²) in [5, 5.41) is 14.5. The van der Waals surface area contributed by atoms with E-state index >= 15 is 0 Å². The molecule has 42 heavy (non-hydrogen) atoms. The summed E-state index contributed by atoms with van der Waals surface area (Å²) in [6, 6.07) is 10.6. The van der Waals surface area contributed by atoms with Gasteiger partial charge in [-0.3, -0.25) is 14.2 Å². The maximum Gasteiger partial charge on any atom is 0.262 e. The minimum Gasteiger partial charge on any atom is -0.388 e. The van der Waals surface area contributed by atoms with Gasteiger partial charge in [-0.2, -0.15) is 0 Å². The van der Waals surface area contributed by atoms with E-state index < -0.39 is 5.60 Å². The quantitative estimate of drug-likeness (QED) is 0.274. The molecule has 1 atom stereocenters. The Morgan fingerprint density at radius 2 is 1.90 bits per heavy atom. The number of fused-ring (bicyclic) bond motifs is 2. The molecule has 1 radical (unpaired) electrons. The zero-order chi connectivity index (χ0) is 29.0. The van der Waals surface area contributed by atoms with Crippen LogP contribution < -0.4 is 5.56 Å². The number of hydrogen-bond acceptors (Lipinski definition) is 5. The van der Waals surface area contributed by atoms with E-state index in [0.717, 1.165) is 52.3 Å². The van der Waals surface area contributed by atoms with Gasteiger partial charge in [-0.1, -0.05) is 35.9 Å². The van der Waals surface area contributed by atoms with Crippen molar-refractivity contribution < 1.29 is 14.3 Å². The molecule has 1 N–H and O–H groups in total. The van der Waals surface area contributed by atoms with Crippen molar-refractivity contribution in [3.8, 4) is 10.4 Å². The van der Waals surface area contributed by atoms with E-state index in [1.165, 1.54) is 39.9 Å². The number of amides is 1. The van der Waals surface area contributed by atoms with Crippen molar-refractivity contribution in [3.05, 3.63) is 92.4 Å². The number of aliphatic hydroxyl groups is 1. The fourth-order valence-corrected chi connectivity index (χ4v) is 8.05. The number of nitrogens with zero attached hydrogens (tertiary/aromatic N) is 3. The van der Waals surface area contributed by atoms with Crippen LogP contribution in [0, 0.1) is 18.2 Å². The molecule has 1 saturated carbocycles. The second-order valence-electron chi connectivity index (χ2n) is 12.1. The highest BCUT2D eigenvalue weighted by Gasteiger charge is 2.38. The highest BCUT2D eigenvalue weighted by molar-refractivity contribution is 7.15. The van der Waals surface area contributed by atoms with Crippen LogP contribution in [0.1, 0.15) is 54.7 Å². The lowest BCUT2D eigenvalue weighted by Crippen LogP contribution is -2.49. The van der Waals surface area contributed by atoms with E-state index in [-0.39, 0.29) is 29.7 Å². The molecule has 217 valence electrons. The topological polar surface area (TPSA) is 75.4 Å². The number of rotatable bonds is 7. The zero-order valence-corrected chi connectivity index (χ0v) is 24.8. The van der Waals surface area contributed by atoms with Gasteiger partial charge in [0, 0.05) is 30.5 Å². The molecule has 3 aliphatic rings. The number of hydrogen-bond donors (Lipinski definition) is 1. The number of carbonyl (C=O) groups is 1. The molecule has 1 saturated heterocycles. The van der Waals surface area contributed by atoms with Crippen molar-refractivity contribution in [2.75, 3.05) is 13.1 Å². The van der Waals surface area contributed by atoms with Crippen LogP contribution in [-0.2, 0) is 24.2 Å². The van der Waals surface area contributed by atoms with Crippen LogP contribution in [0.25, 0.3) is 21.3 Å². The number of likely N-dealkylation sites (tertiary alicyclic amines) is 1. The molecular weight excluding hydrogens is 573 g/mol. The summed E-state index contributed by atoms with van der Waals surface area (Å²) in [5.74, 6) is 0.346. The summed E-state index contributed by atoms with van der Waals surface area (Å²) in [6.45, 7) is 0.979. The Hall–Kier alpha value is -3.07. The molecular formula is C33H32ClFN3O3S. The Labute approximate surface area is 252 Å². The number of benzene rings is 2. The molecule has 4 aromatic rings. The van der Waals surface area contributed by atoms with Gasteiger partial charge in [0.1, 0.15) is 5.82 Å². The summed E-state index contributed by atoms with van der Waals surface area (Å²) in [4.78, 5) is 34.1. The summed E-state index contributed by atoms with van der Waals surface area (Å²) in [5.41, 5.74) is 3.63. The van der Waals surface area contributed by atoms with Crippen LogP contribution >= 0.6 is 22.9 Å². The normalized spacial score (nSPS) is 18.8. The summed E-state index contributed by atoms with van der Waals surface area (Å²) in [7, 11) is 0. The van der Waals surface area contributed by atoms with E-state index in [1.807, 2.05) is 16.3 Å². The fourth-order valence-electron chi connectivity index (χ4n) is 6.62. The molecule has 1 aliphatic heterocycles. The second kappa shape index (κ2) is 10.9. The standard InChI is InChI=1S/C33H32ClFN3O3S/c34-29-24-3-1-2-20(24)8-11-25(29)31-30-27(17-42-31)32(40)38(19-36-30)18-33(41)12-14-37(15-13-33)28(39)16-26(21-4-5-21)22-6-9-23(35)10-7-22/h1,6-11,17,19,21,26,41H,2-5,12-16,18H2. The van der Waals surface area contributed by atoms with Crippen molar-refractivity contribution in [3.63, 3.8) is 0 Å². The first-order valence-electron chi connectivity index (χ1n) is 14.6. The summed E-state index contributed by atoms with van der Waals surface area (Å²) in [6.07, 6.45) is 8.84. The third-order valence-corrected chi connectivity index (χ3v) is 10.7. The SMILES string of the molecule is O=C(CC(c1ccc(F)cc1)C1CC1)N1CCC(O)(Cn2cnc3c(-c4ccc5c(c4Cl)C[CH]C5)scc3c2=O)CC1. The summed E-state index contributed by atoms with van der Waals surface area (Å²) < 4.78 is 14.9. The minimum atomic E-state index is -1.11. The number of aromatic nitrogens is 2. The third-order valence-electron chi connectivity index (χ3n) is 9.28. The number of carbonyl (C=O) groups excluding carboxylic acids is 1. The first kappa shape index (κ1) is 27.7. The third kappa shape index (κ3) is 5.18. The highest BCUT2D eigenvalue weighted by atomic mass is 35.5. The van der Waals surface area contributed by atoms with Crippen molar-refractivity contribution in [2.24, 2.45) is 5.92 Å². The Morgan fingerprint density at radius 1 is 1.14 bits per heavy atom. The molecule has 1 amide bonds. The van der Waals surface area contributed by atoms with Gasteiger partial charge in [0.2, 0.25) is 5.91 Å². The van der Waals surface area contributed by atoms with E-state index in [4.69, 9.17) is 11.6 Å². The van der Waals surface area contributed by atoms with Crippen molar-refractivity contribution in [2.45, 2.75) is 63.0 Å². The molecule has 2 aromatic carbocycles. The number of piperidine rings is 1. The molecule has 0 bridgehead atoms. The molecule has 1 unspecified atom stereocenters. The Kier molecular flexibility index (Phi) is 7.19. The van der Waals surface area contributed by atoms with Gasteiger partial charge in [-0.15, -0.1) is 11.3 Å². The van der Waals surface area contributed by atoms with Gasteiger partial charge in [0.25, 0.3) is 5.56 Å². The Morgan fingerprint density at radius 3 is 2.64 bits per heavy atom. The van der Waals surface area contributed by atoms with Crippen LogP contribution in [0.2, 0.25) is 5.02 Å². The molecule has 7 rings (SSSR count). The predicted octanol–water partition coefficient (Wildman–Crippen LogP) is 6.16.